The van der Waals surface area contributed by atoms with E-state index in [2.05, 4.69) is 70.1 Å². The lowest BCUT2D eigenvalue weighted by atomic mass is 10.3. The Morgan fingerprint density at radius 2 is 1.25 bits per heavy atom. The smallest absolute Gasteiger partial charge is 0.265 e. The van der Waals surface area contributed by atoms with E-state index in [-0.39, 0.29) is 0 Å². The number of methoxy groups -OCH3 is 1. The lowest BCUT2D eigenvalue weighted by Crippen LogP contribution is -2.59. The van der Waals surface area contributed by atoms with Gasteiger partial charge in [0.25, 0.3) is 5.95 Å². The fraction of sp³-hybridized carbons (Fsp3) is 0.857. The van der Waals surface area contributed by atoms with Gasteiger partial charge in [-0.05, 0) is 26.6 Å². The first-order valence-electron chi connectivity index (χ1n) is 7.39. The molecule has 0 saturated carbocycles. The topological polar surface area (TPSA) is 21.7 Å². The molecule has 0 spiro atoms. The Hall–Kier alpha value is -0.0494. The Labute approximate surface area is 129 Å². The number of hydrogen-bond acceptors (Lipinski definition) is 3. The average Bonchev–Trinajstić information content (AvgIpc) is 2.17. The predicted octanol–water partition coefficient (Wildman–Crippen LogP) is 4.69. The van der Waals surface area contributed by atoms with Crippen LogP contribution < -0.4 is 0 Å². The summed E-state index contributed by atoms with van der Waals surface area (Å²) in [5, 5.41) is 0. The zero-order chi connectivity index (χ0) is 16.4. The summed E-state index contributed by atoms with van der Waals surface area (Å²) >= 11 is 0. The molecule has 0 fully saturated rings. The van der Waals surface area contributed by atoms with Gasteiger partial charge >= 0.3 is 0 Å². The molecule has 0 atom stereocenters. The van der Waals surface area contributed by atoms with Gasteiger partial charge in [-0.1, -0.05) is 39.3 Å². The molecule has 0 aromatic rings. The van der Waals surface area contributed by atoms with E-state index in [1.54, 1.807) is 7.11 Å². The number of ether oxygens (including phenoxy) is 1. The third kappa shape index (κ3) is 7.10. The van der Waals surface area contributed by atoms with Crippen molar-refractivity contribution in [2.45, 2.75) is 65.8 Å². The highest BCUT2D eigenvalue weighted by Crippen LogP contribution is 2.23. The highest BCUT2D eigenvalue weighted by molar-refractivity contribution is 6.89. The van der Waals surface area contributed by atoms with Gasteiger partial charge in [-0.15, -0.1) is 0 Å². The molecule has 0 aromatic heterocycles. The van der Waals surface area contributed by atoms with E-state index in [4.69, 9.17) is 9.16 Å². The summed E-state index contributed by atoms with van der Waals surface area (Å²) in [4.78, 5) is 0. The SMILES string of the molecule is COC(O[Si](C)(C)C)=C(C)CN([Si](C)(C)C)[Si](C)(C)C. The molecule has 3 nitrogen and oxygen atoms in total. The van der Waals surface area contributed by atoms with Gasteiger partial charge in [0, 0.05) is 12.1 Å². The minimum atomic E-state index is -1.63. The van der Waals surface area contributed by atoms with Crippen molar-refractivity contribution < 1.29 is 9.16 Å². The second-order valence-electron chi connectivity index (χ2n) is 8.41. The van der Waals surface area contributed by atoms with Crippen molar-refractivity contribution in [3.63, 3.8) is 0 Å². The van der Waals surface area contributed by atoms with Crippen LogP contribution in [0.25, 0.3) is 0 Å². The van der Waals surface area contributed by atoms with Gasteiger partial charge in [-0.3, -0.25) is 0 Å². The molecule has 0 aliphatic rings. The molecule has 6 heteroatoms. The van der Waals surface area contributed by atoms with Crippen LogP contribution in [-0.2, 0) is 9.16 Å². The van der Waals surface area contributed by atoms with E-state index in [0.717, 1.165) is 12.5 Å². The second-order valence-corrected chi connectivity index (χ2v) is 23.1. The molecule has 0 bridgehead atoms. The summed E-state index contributed by atoms with van der Waals surface area (Å²) in [6.07, 6.45) is 0. The van der Waals surface area contributed by atoms with Crippen molar-refractivity contribution in [2.75, 3.05) is 13.7 Å². The van der Waals surface area contributed by atoms with Crippen LogP contribution in [-0.4, -0.2) is 42.7 Å². The van der Waals surface area contributed by atoms with Gasteiger partial charge in [-0.25, -0.2) is 0 Å². The van der Waals surface area contributed by atoms with E-state index in [0.29, 0.717) is 0 Å². The fourth-order valence-corrected chi connectivity index (χ4v) is 12.7. The third-order valence-corrected chi connectivity index (χ3v) is 11.3. The van der Waals surface area contributed by atoms with E-state index in [1.165, 1.54) is 5.57 Å². The maximum atomic E-state index is 6.08. The molecule has 0 saturated heterocycles. The Kier molecular flexibility index (Phi) is 6.79. The van der Waals surface area contributed by atoms with Crippen molar-refractivity contribution in [2.24, 2.45) is 0 Å². The maximum absolute atomic E-state index is 6.08. The normalized spacial score (nSPS) is 15.2. The van der Waals surface area contributed by atoms with Crippen LogP contribution in [0.15, 0.2) is 11.5 Å². The molecule has 120 valence electrons. The predicted molar refractivity (Wildman–Crippen MR) is 97.5 cm³/mol. The molecule has 0 radical (unpaired) electrons. The molecule has 20 heavy (non-hydrogen) atoms. The average molecular weight is 334 g/mol. The van der Waals surface area contributed by atoms with Gasteiger partial charge < -0.3 is 13.4 Å². The molecule has 0 amide bonds. The molecule has 0 N–H and O–H groups in total. The highest BCUT2D eigenvalue weighted by atomic mass is 28.4. The first-order chi connectivity index (χ1) is 8.68. The van der Waals surface area contributed by atoms with Gasteiger partial charge in [0.1, 0.15) is 16.5 Å². The zero-order valence-electron chi connectivity index (χ0n) is 15.5. The molecule has 0 aliphatic heterocycles. The van der Waals surface area contributed by atoms with Crippen molar-refractivity contribution in [1.29, 1.82) is 0 Å². The maximum Gasteiger partial charge on any atom is 0.265 e. The van der Waals surface area contributed by atoms with Crippen LogP contribution in [0.4, 0.5) is 0 Å². The Morgan fingerprint density at radius 1 is 0.850 bits per heavy atom. The standard InChI is InChI=1S/C14H35NO2Si3/c1-13(14(16-2)17-20(9,10)11)12-15(18(3,4)5)19(6,7)8/h12H2,1-11H3. The molecular formula is C14H35NO2Si3. The first-order valence-corrected chi connectivity index (χ1v) is 17.7. The van der Waals surface area contributed by atoms with Crippen LogP contribution in [0.3, 0.4) is 0 Å². The van der Waals surface area contributed by atoms with Gasteiger partial charge in [0.2, 0.25) is 8.32 Å². The minimum Gasteiger partial charge on any atom is -0.520 e. The van der Waals surface area contributed by atoms with Crippen molar-refractivity contribution in [3.8, 4) is 0 Å². The highest BCUT2D eigenvalue weighted by Gasteiger charge is 2.35. The monoisotopic (exact) mass is 333 g/mol. The zero-order valence-corrected chi connectivity index (χ0v) is 18.5. The Balaban J connectivity index is 5.30. The molecule has 0 aromatic carbocycles. The van der Waals surface area contributed by atoms with E-state index in [1.807, 2.05) is 0 Å². The lowest BCUT2D eigenvalue weighted by Gasteiger charge is -2.44. The quantitative estimate of drug-likeness (QED) is 0.498. The van der Waals surface area contributed by atoms with Crippen molar-refractivity contribution >= 4 is 24.8 Å². The van der Waals surface area contributed by atoms with E-state index < -0.39 is 24.8 Å². The largest absolute Gasteiger partial charge is 0.520 e. The second kappa shape index (κ2) is 6.81. The summed E-state index contributed by atoms with van der Waals surface area (Å²) in [5.74, 6) is 0.741. The fourth-order valence-electron chi connectivity index (χ4n) is 2.36. The Morgan fingerprint density at radius 3 is 1.50 bits per heavy atom. The summed E-state index contributed by atoms with van der Waals surface area (Å²) in [7, 11) is -2.59. The van der Waals surface area contributed by atoms with Gasteiger partial charge in [0.05, 0.1) is 7.11 Å². The van der Waals surface area contributed by atoms with Crippen molar-refractivity contribution in [3.05, 3.63) is 11.5 Å². The van der Waals surface area contributed by atoms with Crippen LogP contribution in [0.2, 0.25) is 58.9 Å². The minimum absolute atomic E-state index is 0.741. The lowest BCUT2D eigenvalue weighted by molar-refractivity contribution is 0.140. The Bertz CT molecular complexity index is 335. The third-order valence-electron chi connectivity index (χ3n) is 2.95. The molecule has 0 aliphatic carbocycles. The molecule has 0 unspecified atom stereocenters. The number of rotatable bonds is 7. The first kappa shape index (κ1) is 20.0. The van der Waals surface area contributed by atoms with E-state index in [9.17, 15) is 0 Å². The van der Waals surface area contributed by atoms with Gasteiger partial charge in [-0.2, -0.15) is 0 Å². The summed E-state index contributed by atoms with van der Waals surface area (Å²) < 4.78 is 14.3. The summed E-state index contributed by atoms with van der Waals surface area (Å²) in [5.41, 5.74) is 1.22. The number of nitrogens with zero attached hydrogens (tertiary/aromatic N) is 1. The van der Waals surface area contributed by atoms with E-state index >= 15 is 0 Å². The van der Waals surface area contributed by atoms with Crippen molar-refractivity contribution in [1.82, 2.24) is 4.23 Å². The molecule has 0 rings (SSSR count). The summed E-state index contributed by atoms with van der Waals surface area (Å²) in [6, 6.07) is 0. The number of hydrogen-bond donors (Lipinski definition) is 0. The van der Waals surface area contributed by atoms with Crippen LogP contribution >= 0.6 is 0 Å². The molecule has 0 heterocycles. The molecular weight excluding hydrogens is 298 g/mol. The summed E-state index contributed by atoms with van der Waals surface area (Å²) in [6.45, 7) is 24.2. The van der Waals surface area contributed by atoms with Crippen LogP contribution in [0.1, 0.15) is 6.92 Å². The van der Waals surface area contributed by atoms with Crippen LogP contribution in [0, 0.1) is 0 Å². The van der Waals surface area contributed by atoms with Gasteiger partial charge in [0.15, 0.2) is 0 Å². The van der Waals surface area contributed by atoms with Crippen LogP contribution in [0.5, 0.6) is 0 Å².